The number of hydrogen-bond acceptors (Lipinski definition) is 2. The molecule has 0 aliphatic rings. The maximum Gasteiger partial charge on any atom is 0.271 e. The van der Waals surface area contributed by atoms with Gasteiger partial charge in [-0.3, -0.25) is 0 Å². The van der Waals surface area contributed by atoms with Gasteiger partial charge in [0.15, 0.2) is 0 Å². The van der Waals surface area contributed by atoms with Crippen molar-refractivity contribution in [1.82, 2.24) is 0 Å². The number of hydrogen-bond donors (Lipinski definition) is 1. The van der Waals surface area contributed by atoms with E-state index in [9.17, 15) is 8.78 Å². The molecule has 0 fully saturated rings. The molecule has 1 atom stereocenters. The van der Waals surface area contributed by atoms with Crippen molar-refractivity contribution in [3.05, 3.63) is 29.8 Å². The van der Waals surface area contributed by atoms with E-state index in [-0.39, 0.29) is 5.75 Å². The molecule has 84 valence electrons. The molecule has 1 aromatic carbocycles. The van der Waals surface area contributed by atoms with E-state index in [4.69, 9.17) is 5.11 Å². The number of aryl methyl sites for hydroxylation is 1. The first kappa shape index (κ1) is 12.5. The summed E-state index contributed by atoms with van der Waals surface area (Å²) in [6.45, 7) is 2.69. The summed E-state index contributed by atoms with van der Waals surface area (Å²) in [5.74, 6) is -3.02. The highest BCUT2D eigenvalue weighted by atomic mass is 32.2. The van der Waals surface area contributed by atoms with Crippen LogP contribution in [0.2, 0.25) is 0 Å². The summed E-state index contributed by atoms with van der Waals surface area (Å²) in [5, 5.41) is 9.13. The van der Waals surface area contributed by atoms with Gasteiger partial charge in [-0.25, -0.2) is 8.78 Å². The lowest BCUT2D eigenvalue weighted by Crippen LogP contribution is -2.31. The van der Waals surface area contributed by atoms with Crippen LogP contribution in [0.4, 0.5) is 8.78 Å². The zero-order chi connectivity index (χ0) is 11.5. The van der Waals surface area contributed by atoms with Crippen LogP contribution in [0, 0.1) is 6.92 Å². The Morgan fingerprint density at radius 1 is 1.33 bits per heavy atom. The number of aliphatic hydroxyl groups excluding tert-OH is 1. The average Bonchev–Trinajstić information content (AvgIpc) is 2.15. The lowest BCUT2D eigenvalue weighted by atomic mass is 10.2. The minimum Gasteiger partial charge on any atom is -0.386 e. The first-order valence-corrected chi connectivity index (χ1v) is 5.63. The molecule has 1 N–H and O–H groups in total. The van der Waals surface area contributed by atoms with Gasteiger partial charge < -0.3 is 5.11 Å². The van der Waals surface area contributed by atoms with Gasteiger partial charge in [-0.2, -0.15) is 0 Å². The Hall–Kier alpha value is -0.610. The monoisotopic (exact) mass is 232 g/mol. The third kappa shape index (κ3) is 4.18. The molecular formula is C11H14F2OS. The van der Waals surface area contributed by atoms with Gasteiger partial charge >= 0.3 is 0 Å². The van der Waals surface area contributed by atoms with Crippen molar-refractivity contribution in [2.45, 2.75) is 30.8 Å². The minimum absolute atomic E-state index is 0.00651. The highest BCUT2D eigenvalue weighted by Gasteiger charge is 2.31. The van der Waals surface area contributed by atoms with Crippen LogP contribution in [-0.4, -0.2) is 22.9 Å². The Morgan fingerprint density at radius 2 is 1.87 bits per heavy atom. The van der Waals surface area contributed by atoms with E-state index < -0.39 is 12.0 Å². The predicted octanol–water partition coefficient (Wildman–Crippen LogP) is 3.10. The minimum atomic E-state index is -3.03. The van der Waals surface area contributed by atoms with Gasteiger partial charge in [-0.1, -0.05) is 17.7 Å². The van der Waals surface area contributed by atoms with Crippen LogP contribution in [-0.2, 0) is 0 Å². The van der Waals surface area contributed by atoms with Gasteiger partial charge in [0.2, 0.25) is 0 Å². The van der Waals surface area contributed by atoms with Crippen LogP contribution in [0.1, 0.15) is 12.5 Å². The maximum atomic E-state index is 12.6. The molecule has 4 heteroatoms. The third-order valence-electron chi connectivity index (χ3n) is 2.01. The molecule has 0 unspecified atom stereocenters. The second-order valence-corrected chi connectivity index (χ2v) is 4.69. The van der Waals surface area contributed by atoms with Crippen molar-refractivity contribution in [2.24, 2.45) is 0 Å². The Balaban J connectivity index is 2.47. The summed E-state index contributed by atoms with van der Waals surface area (Å²) in [7, 11) is 0. The fraction of sp³-hybridized carbons (Fsp3) is 0.455. The quantitative estimate of drug-likeness (QED) is 0.805. The Bertz CT molecular complexity index is 305. The molecule has 15 heavy (non-hydrogen) atoms. The normalized spacial score (nSPS) is 13.9. The van der Waals surface area contributed by atoms with Crippen molar-refractivity contribution in [3.8, 4) is 0 Å². The van der Waals surface area contributed by atoms with E-state index >= 15 is 0 Å². The predicted molar refractivity (Wildman–Crippen MR) is 58.5 cm³/mol. The molecule has 0 spiro atoms. The van der Waals surface area contributed by atoms with E-state index in [0.717, 1.165) is 17.4 Å². The molecule has 1 rings (SSSR count). The van der Waals surface area contributed by atoms with Gasteiger partial charge in [-0.05, 0) is 19.1 Å². The Kier molecular flexibility index (Phi) is 4.11. The topological polar surface area (TPSA) is 20.2 Å². The standard InChI is InChI=1S/C11H14F2OS/c1-8-3-5-9(6-4-8)15-7-10(14)11(2,12)13/h3-6,10,14H,7H2,1-2H3/t10-/m1/s1. The van der Waals surface area contributed by atoms with Crippen molar-refractivity contribution in [2.75, 3.05) is 5.75 Å². The molecule has 0 amide bonds. The first-order valence-electron chi connectivity index (χ1n) is 4.65. The van der Waals surface area contributed by atoms with E-state index in [2.05, 4.69) is 0 Å². The first-order chi connectivity index (χ1) is 6.89. The Morgan fingerprint density at radius 3 is 2.33 bits per heavy atom. The van der Waals surface area contributed by atoms with Gasteiger partial charge in [0, 0.05) is 17.6 Å². The third-order valence-corrected chi connectivity index (χ3v) is 3.10. The van der Waals surface area contributed by atoms with Crippen LogP contribution in [0.25, 0.3) is 0 Å². The largest absolute Gasteiger partial charge is 0.386 e. The Labute approximate surface area is 92.5 Å². The average molecular weight is 232 g/mol. The van der Waals surface area contributed by atoms with E-state index in [0.29, 0.717) is 0 Å². The number of benzene rings is 1. The van der Waals surface area contributed by atoms with Crippen molar-refractivity contribution >= 4 is 11.8 Å². The zero-order valence-corrected chi connectivity index (χ0v) is 9.52. The highest BCUT2D eigenvalue weighted by Crippen LogP contribution is 2.25. The lowest BCUT2D eigenvalue weighted by molar-refractivity contribution is -0.0814. The lowest BCUT2D eigenvalue weighted by Gasteiger charge is -2.17. The number of halogens is 2. The van der Waals surface area contributed by atoms with E-state index in [1.807, 2.05) is 31.2 Å². The summed E-state index contributed by atoms with van der Waals surface area (Å²) in [6, 6.07) is 7.55. The molecule has 0 radical (unpaired) electrons. The van der Waals surface area contributed by atoms with Gasteiger partial charge in [0.25, 0.3) is 5.92 Å². The van der Waals surface area contributed by atoms with E-state index in [1.54, 1.807) is 0 Å². The summed E-state index contributed by atoms with van der Waals surface area (Å²) in [4.78, 5) is 0.893. The van der Waals surface area contributed by atoms with Gasteiger partial charge in [0.1, 0.15) is 6.10 Å². The van der Waals surface area contributed by atoms with Crippen LogP contribution in [0.3, 0.4) is 0 Å². The second-order valence-electron chi connectivity index (χ2n) is 3.60. The molecule has 0 aromatic heterocycles. The van der Waals surface area contributed by atoms with Gasteiger partial charge in [0.05, 0.1) is 0 Å². The molecule has 0 aliphatic heterocycles. The smallest absolute Gasteiger partial charge is 0.271 e. The van der Waals surface area contributed by atoms with Crippen molar-refractivity contribution in [3.63, 3.8) is 0 Å². The second kappa shape index (κ2) is 4.94. The molecule has 1 aromatic rings. The fourth-order valence-corrected chi connectivity index (χ4v) is 1.93. The van der Waals surface area contributed by atoms with Crippen molar-refractivity contribution in [1.29, 1.82) is 0 Å². The van der Waals surface area contributed by atoms with E-state index in [1.165, 1.54) is 11.8 Å². The number of alkyl halides is 2. The maximum absolute atomic E-state index is 12.6. The number of aliphatic hydroxyl groups is 1. The molecule has 0 saturated carbocycles. The van der Waals surface area contributed by atoms with Crippen LogP contribution < -0.4 is 0 Å². The molecule has 0 saturated heterocycles. The van der Waals surface area contributed by atoms with Gasteiger partial charge in [-0.15, -0.1) is 11.8 Å². The summed E-state index contributed by atoms with van der Waals surface area (Å²) in [5.41, 5.74) is 1.13. The summed E-state index contributed by atoms with van der Waals surface area (Å²) < 4.78 is 25.2. The van der Waals surface area contributed by atoms with Crippen LogP contribution in [0.15, 0.2) is 29.2 Å². The fourth-order valence-electron chi connectivity index (χ4n) is 0.956. The number of thioether (sulfide) groups is 1. The zero-order valence-electron chi connectivity index (χ0n) is 8.71. The molecule has 0 heterocycles. The van der Waals surface area contributed by atoms with Crippen LogP contribution in [0.5, 0.6) is 0 Å². The van der Waals surface area contributed by atoms with Crippen molar-refractivity contribution < 1.29 is 13.9 Å². The molecule has 1 nitrogen and oxygen atoms in total. The highest BCUT2D eigenvalue weighted by molar-refractivity contribution is 7.99. The molecular weight excluding hydrogens is 218 g/mol. The molecule has 0 aliphatic carbocycles. The summed E-state index contributed by atoms with van der Waals surface area (Å²) in [6.07, 6.45) is -1.59. The SMILES string of the molecule is Cc1ccc(SC[C@@H](O)C(C)(F)F)cc1. The van der Waals surface area contributed by atoms with Crippen LogP contribution >= 0.6 is 11.8 Å². The molecule has 0 bridgehead atoms. The summed E-state index contributed by atoms with van der Waals surface area (Å²) >= 11 is 1.23. The number of rotatable bonds is 4.